The summed E-state index contributed by atoms with van der Waals surface area (Å²) in [6.45, 7) is 9.13. The molecule has 0 saturated carbocycles. The molecule has 136 valence electrons. The molecule has 1 unspecified atom stereocenters. The van der Waals surface area contributed by atoms with Crippen LogP contribution in [0.2, 0.25) is 0 Å². The van der Waals surface area contributed by atoms with Gasteiger partial charge in [0.1, 0.15) is 0 Å². The molecule has 2 N–H and O–H groups in total. The van der Waals surface area contributed by atoms with Gasteiger partial charge < -0.3 is 15.4 Å². The van der Waals surface area contributed by atoms with Gasteiger partial charge in [-0.05, 0) is 45.7 Å². The van der Waals surface area contributed by atoms with E-state index in [0.717, 1.165) is 45.0 Å². The number of hydrogen-bond acceptors (Lipinski definition) is 4. The molecule has 0 radical (unpaired) electrons. The molecule has 1 aliphatic rings. The smallest absolute Gasteiger partial charge is 0.305 e. The summed E-state index contributed by atoms with van der Waals surface area (Å²) in [4.78, 5) is 18.2. The Morgan fingerprint density at radius 3 is 2.74 bits per heavy atom. The summed E-state index contributed by atoms with van der Waals surface area (Å²) in [6.07, 6.45) is 4.79. The largest absolute Gasteiger partial charge is 0.469 e. The summed E-state index contributed by atoms with van der Waals surface area (Å²) < 4.78 is 4.63. The number of aliphatic imine (C=N–C) groups is 1. The number of likely N-dealkylation sites (tertiary alicyclic amines) is 1. The van der Waals surface area contributed by atoms with Crippen molar-refractivity contribution in [2.45, 2.75) is 52.0 Å². The fraction of sp³-hybridized carbons (Fsp3) is 0.875. The van der Waals surface area contributed by atoms with Gasteiger partial charge in [0.25, 0.3) is 0 Å². The molecule has 1 saturated heterocycles. The lowest BCUT2D eigenvalue weighted by Gasteiger charge is -2.21. The molecule has 6 nitrogen and oxygen atoms in total. The second kappa shape index (κ2) is 13.8. The van der Waals surface area contributed by atoms with Gasteiger partial charge >= 0.3 is 5.97 Å². The molecule has 0 spiro atoms. The van der Waals surface area contributed by atoms with E-state index >= 15 is 0 Å². The lowest BCUT2D eigenvalue weighted by molar-refractivity contribution is -0.140. The van der Waals surface area contributed by atoms with E-state index in [1.807, 2.05) is 0 Å². The average Bonchev–Trinajstić information content (AvgIpc) is 2.99. The monoisotopic (exact) mass is 440 g/mol. The van der Waals surface area contributed by atoms with Crippen molar-refractivity contribution in [2.75, 3.05) is 39.8 Å². The average molecular weight is 440 g/mol. The van der Waals surface area contributed by atoms with Gasteiger partial charge in [0, 0.05) is 25.6 Å². The lowest BCUT2D eigenvalue weighted by atomic mass is 10.2. The zero-order valence-electron chi connectivity index (χ0n) is 14.8. The maximum absolute atomic E-state index is 11.0. The summed E-state index contributed by atoms with van der Waals surface area (Å²) in [5.41, 5.74) is 0. The topological polar surface area (TPSA) is 66.0 Å². The standard InChI is InChI=1S/C16H32N4O2.HI/c1-4-17-16(18-11-7-6-10-15(21)22-3)19-13-14-9-8-12-20(14)5-2;/h14H,4-13H2,1-3H3,(H2,17,18,19);1H. The van der Waals surface area contributed by atoms with Crippen LogP contribution in [-0.4, -0.2) is 62.7 Å². The number of esters is 1. The predicted molar refractivity (Wildman–Crippen MR) is 106 cm³/mol. The van der Waals surface area contributed by atoms with E-state index in [-0.39, 0.29) is 29.9 Å². The zero-order valence-corrected chi connectivity index (χ0v) is 17.1. The molecule has 0 aliphatic carbocycles. The van der Waals surface area contributed by atoms with Gasteiger partial charge in [-0.25, -0.2) is 0 Å². The van der Waals surface area contributed by atoms with Crippen LogP contribution in [0.25, 0.3) is 0 Å². The van der Waals surface area contributed by atoms with Crippen LogP contribution in [0.4, 0.5) is 0 Å². The third-order valence-corrected chi connectivity index (χ3v) is 4.04. The summed E-state index contributed by atoms with van der Waals surface area (Å²) in [5.74, 6) is 0.741. The minimum Gasteiger partial charge on any atom is -0.469 e. The molecule has 1 fully saturated rings. The highest BCUT2D eigenvalue weighted by Crippen LogP contribution is 2.16. The molecule has 0 bridgehead atoms. The molecule has 1 aliphatic heterocycles. The van der Waals surface area contributed by atoms with Gasteiger partial charge in [-0.3, -0.25) is 14.7 Å². The van der Waals surface area contributed by atoms with Gasteiger partial charge in [0.05, 0.1) is 13.7 Å². The molecule has 23 heavy (non-hydrogen) atoms. The SMILES string of the molecule is CCNC(=NCC1CCCN1CC)NCCCCC(=O)OC.I. The van der Waals surface area contributed by atoms with Crippen molar-refractivity contribution in [1.29, 1.82) is 0 Å². The first-order chi connectivity index (χ1) is 10.7. The molecule has 7 heteroatoms. The number of guanidine groups is 1. The van der Waals surface area contributed by atoms with E-state index in [2.05, 4.69) is 34.1 Å². The highest BCUT2D eigenvalue weighted by molar-refractivity contribution is 14.0. The Labute approximate surface area is 157 Å². The maximum Gasteiger partial charge on any atom is 0.305 e. The summed E-state index contributed by atoms with van der Waals surface area (Å²) >= 11 is 0. The quantitative estimate of drug-likeness (QED) is 0.189. The number of nitrogens with zero attached hydrogens (tertiary/aromatic N) is 2. The molecule has 1 heterocycles. The number of nitrogens with one attached hydrogen (secondary N) is 2. The van der Waals surface area contributed by atoms with Crippen molar-refractivity contribution in [2.24, 2.45) is 4.99 Å². The number of carbonyl (C=O) groups is 1. The van der Waals surface area contributed by atoms with Crippen LogP contribution < -0.4 is 10.6 Å². The third-order valence-electron chi connectivity index (χ3n) is 4.04. The van der Waals surface area contributed by atoms with E-state index in [9.17, 15) is 4.79 Å². The number of rotatable bonds is 9. The van der Waals surface area contributed by atoms with E-state index in [1.54, 1.807) is 0 Å². The Kier molecular flexibility index (Phi) is 13.5. The summed E-state index contributed by atoms with van der Waals surface area (Å²) in [7, 11) is 1.43. The molecule has 0 aromatic carbocycles. The Balaban J connectivity index is 0.00000484. The fourth-order valence-corrected chi connectivity index (χ4v) is 2.76. The van der Waals surface area contributed by atoms with Crippen LogP contribution in [0.1, 0.15) is 46.0 Å². The fourth-order valence-electron chi connectivity index (χ4n) is 2.76. The van der Waals surface area contributed by atoms with Crippen molar-refractivity contribution < 1.29 is 9.53 Å². The Hall–Kier alpha value is -0.570. The predicted octanol–water partition coefficient (Wildman–Crippen LogP) is 1.99. The van der Waals surface area contributed by atoms with E-state index < -0.39 is 0 Å². The first-order valence-electron chi connectivity index (χ1n) is 8.54. The number of hydrogen-bond donors (Lipinski definition) is 2. The van der Waals surface area contributed by atoms with E-state index in [4.69, 9.17) is 4.99 Å². The highest BCUT2D eigenvalue weighted by atomic mass is 127. The second-order valence-corrected chi connectivity index (χ2v) is 5.60. The first-order valence-corrected chi connectivity index (χ1v) is 8.54. The summed E-state index contributed by atoms with van der Waals surface area (Å²) in [5, 5.41) is 6.62. The highest BCUT2D eigenvalue weighted by Gasteiger charge is 2.22. The van der Waals surface area contributed by atoms with Crippen molar-refractivity contribution in [3.05, 3.63) is 0 Å². The number of halogens is 1. The van der Waals surface area contributed by atoms with Gasteiger partial charge in [-0.15, -0.1) is 24.0 Å². The number of carbonyl (C=O) groups excluding carboxylic acids is 1. The van der Waals surface area contributed by atoms with Gasteiger partial charge in [0.2, 0.25) is 0 Å². The molecular weight excluding hydrogens is 407 g/mol. The van der Waals surface area contributed by atoms with Gasteiger partial charge in [-0.2, -0.15) is 0 Å². The minimum atomic E-state index is -0.138. The third kappa shape index (κ3) is 9.34. The minimum absolute atomic E-state index is 0. The van der Waals surface area contributed by atoms with Crippen LogP contribution >= 0.6 is 24.0 Å². The first kappa shape index (κ1) is 22.4. The van der Waals surface area contributed by atoms with Crippen LogP contribution in [0.15, 0.2) is 4.99 Å². The van der Waals surface area contributed by atoms with Crippen LogP contribution in [0.3, 0.4) is 0 Å². The van der Waals surface area contributed by atoms with Crippen molar-refractivity contribution in [3.8, 4) is 0 Å². The van der Waals surface area contributed by atoms with Gasteiger partial charge in [0.15, 0.2) is 5.96 Å². The van der Waals surface area contributed by atoms with Crippen molar-refractivity contribution in [3.63, 3.8) is 0 Å². The van der Waals surface area contributed by atoms with Crippen LogP contribution in [-0.2, 0) is 9.53 Å². The molecule has 0 aromatic rings. The molecule has 1 atom stereocenters. The van der Waals surface area contributed by atoms with E-state index in [1.165, 1.54) is 26.5 Å². The maximum atomic E-state index is 11.0. The lowest BCUT2D eigenvalue weighted by Crippen LogP contribution is -2.39. The molecule has 0 amide bonds. The van der Waals surface area contributed by atoms with Gasteiger partial charge in [-0.1, -0.05) is 6.92 Å². The van der Waals surface area contributed by atoms with E-state index in [0.29, 0.717) is 12.5 Å². The molecule has 1 rings (SSSR count). The molecular formula is C16H33IN4O2. The normalized spacial score (nSPS) is 18.4. The zero-order chi connectivity index (χ0) is 16.2. The number of ether oxygens (including phenoxy) is 1. The Bertz CT molecular complexity index is 353. The van der Waals surface area contributed by atoms with Crippen molar-refractivity contribution in [1.82, 2.24) is 15.5 Å². The number of unbranched alkanes of at least 4 members (excludes halogenated alkanes) is 1. The summed E-state index contributed by atoms with van der Waals surface area (Å²) in [6, 6.07) is 0.583. The van der Waals surface area contributed by atoms with Crippen LogP contribution in [0, 0.1) is 0 Å². The van der Waals surface area contributed by atoms with Crippen molar-refractivity contribution >= 4 is 35.9 Å². The Morgan fingerprint density at radius 2 is 2.09 bits per heavy atom. The number of methoxy groups -OCH3 is 1. The Morgan fingerprint density at radius 1 is 1.30 bits per heavy atom. The second-order valence-electron chi connectivity index (χ2n) is 5.60. The van der Waals surface area contributed by atoms with Crippen LogP contribution in [0.5, 0.6) is 0 Å². The molecule has 0 aromatic heterocycles. The number of likely N-dealkylation sites (N-methyl/N-ethyl adjacent to an activating group) is 1.